The quantitative estimate of drug-likeness (QED) is 0.761. The summed E-state index contributed by atoms with van der Waals surface area (Å²) in [6, 6.07) is 8.31. The van der Waals surface area contributed by atoms with E-state index in [0.29, 0.717) is 5.88 Å². The molecule has 0 unspecified atom stereocenters. The van der Waals surface area contributed by atoms with E-state index in [-0.39, 0.29) is 0 Å². The van der Waals surface area contributed by atoms with Gasteiger partial charge < -0.3 is 5.32 Å². The van der Waals surface area contributed by atoms with Crippen molar-refractivity contribution >= 4 is 17.3 Å². The summed E-state index contributed by atoms with van der Waals surface area (Å²) >= 11 is 5.89. The molecule has 1 nitrogen and oxygen atoms in total. The lowest BCUT2D eigenvalue weighted by atomic mass is 10.1. The first-order valence-electron chi connectivity index (χ1n) is 5.78. The van der Waals surface area contributed by atoms with Gasteiger partial charge in [0.25, 0.3) is 0 Å². The highest BCUT2D eigenvalue weighted by Gasteiger charge is 2.14. The number of halogens is 1. The summed E-state index contributed by atoms with van der Waals surface area (Å²) in [6.07, 6.45) is 5.58. The molecule has 82 valence electrons. The Labute approximate surface area is 96.8 Å². The fourth-order valence-electron chi connectivity index (χ4n) is 2.28. The third-order valence-electron chi connectivity index (χ3n) is 3.22. The van der Waals surface area contributed by atoms with E-state index in [1.807, 2.05) is 6.07 Å². The predicted molar refractivity (Wildman–Crippen MR) is 66.4 cm³/mol. The van der Waals surface area contributed by atoms with Crippen LogP contribution in [0.4, 0.5) is 5.69 Å². The Kier molecular flexibility index (Phi) is 3.90. The molecular weight excluding hydrogens is 206 g/mol. The largest absolute Gasteiger partial charge is 0.385 e. The maximum absolute atomic E-state index is 5.89. The van der Waals surface area contributed by atoms with Crippen molar-refractivity contribution < 1.29 is 0 Å². The van der Waals surface area contributed by atoms with Crippen molar-refractivity contribution in [3.8, 4) is 0 Å². The van der Waals surface area contributed by atoms with Gasteiger partial charge in [-0.2, -0.15) is 0 Å². The van der Waals surface area contributed by atoms with Gasteiger partial charge in [0.05, 0.1) is 0 Å². The van der Waals surface area contributed by atoms with E-state index < -0.39 is 0 Å². The van der Waals surface area contributed by atoms with Crippen LogP contribution in [0.1, 0.15) is 31.2 Å². The van der Waals surface area contributed by atoms with Crippen LogP contribution in [0.3, 0.4) is 0 Å². The Balaban J connectivity index is 1.91. The zero-order valence-corrected chi connectivity index (χ0v) is 9.76. The number of para-hydroxylation sites is 1. The SMILES string of the molecule is ClCc1ccccc1NCC1CCCC1. The fraction of sp³-hybridized carbons (Fsp3) is 0.538. The smallest absolute Gasteiger partial charge is 0.0494 e. The Morgan fingerprint density at radius 2 is 1.93 bits per heavy atom. The molecule has 0 atom stereocenters. The van der Waals surface area contributed by atoms with Gasteiger partial charge in [0, 0.05) is 18.1 Å². The summed E-state index contributed by atoms with van der Waals surface area (Å²) in [7, 11) is 0. The summed E-state index contributed by atoms with van der Waals surface area (Å²) in [6.45, 7) is 1.11. The van der Waals surface area contributed by atoms with Crippen LogP contribution in [0.15, 0.2) is 24.3 Å². The Bertz CT molecular complexity index is 305. The molecule has 1 N–H and O–H groups in total. The summed E-state index contributed by atoms with van der Waals surface area (Å²) in [5.74, 6) is 1.46. The van der Waals surface area contributed by atoms with Crippen molar-refractivity contribution in [2.75, 3.05) is 11.9 Å². The third-order valence-corrected chi connectivity index (χ3v) is 3.51. The molecule has 2 heteroatoms. The highest BCUT2D eigenvalue weighted by molar-refractivity contribution is 6.17. The average molecular weight is 224 g/mol. The fourth-order valence-corrected chi connectivity index (χ4v) is 2.51. The topological polar surface area (TPSA) is 12.0 Å². The van der Waals surface area contributed by atoms with E-state index >= 15 is 0 Å². The van der Waals surface area contributed by atoms with Crippen molar-refractivity contribution in [3.05, 3.63) is 29.8 Å². The Morgan fingerprint density at radius 3 is 2.67 bits per heavy atom. The lowest BCUT2D eigenvalue weighted by Crippen LogP contribution is -2.11. The number of anilines is 1. The van der Waals surface area contributed by atoms with E-state index in [1.54, 1.807) is 0 Å². The van der Waals surface area contributed by atoms with Crippen LogP contribution >= 0.6 is 11.6 Å². The molecule has 0 spiro atoms. The van der Waals surface area contributed by atoms with Crippen molar-refractivity contribution in [3.63, 3.8) is 0 Å². The number of hydrogen-bond donors (Lipinski definition) is 1. The number of nitrogens with one attached hydrogen (secondary N) is 1. The van der Waals surface area contributed by atoms with Crippen LogP contribution in [0.5, 0.6) is 0 Å². The predicted octanol–water partition coefficient (Wildman–Crippen LogP) is 4.03. The van der Waals surface area contributed by atoms with Crippen LogP contribution in [0, 0.1) is 5.92 Å². The maximum atomic E-state index is 5.89. The highest BCUT2D eigenvalue weighted by Crippen LogP contribution is 2.25. The lowest BCUT2D eigenvalue weighted by molar-refractivity contribution is 0.579. The number of rotatable bonds is 4. The molecule has 0 radical (unpaired) electrons. The van der Waals surface area contributed by atoms with E-state index in [9.17, 15) is 0 Å². The minimum Gasteiger partial charge on any atom is -0.385 e. The van der Waals surface area contributed by atoms with Gasteiger partial charge in [-0.3, -0.25) is 0 Å². The van der Waals surface area contributed by atoms with Crippen LogP contribution in [0.25, 0.3) is 0 Å². The normalized spacial score (nSPS) is 16.9. The summed E-state index contributed by atoms with van der Waals surface area (Å²) in [5.41, 5.74) is 2.41. The molecule has 1 aromatic carbocycles. The van der Waals surface area contributed by atoms with Gasteiger partial charge in [-0.1, -0.05) is 31.0 Å². The molecular formula is C13H18ClN. The summed E-state index contributed by atoms with van der Waals surface area (Å²) < 4.78 is 0. The van der Waals surface area contributed by atoms with Crippen LogP contribution in [-0.4, -0.2) is 6.54 Å². The molecule has 1 aliphatic carbocycles. The zero-order chi connectivity index (χ0) is 10.5. The standard InChI is InChI=1S/C13H18ClN/c14-9-12-7-3-4-8-13(12)15-10-11-5-1-2-6-11/h3-4,7-8,11,15H,1-2,5-6,9-10H2. The highest BCUT2D eigenvalue weighted by atomic mass is 35.5. The second kappa shape index (κ2) is 5.41. The monoisotopic (exact) mass is 223 g/mol. The van der Waals surface area contributed by atoms with E-state index in [0.717, 1.165) is 12.5 Å². The molecule has 1 aromatic rings. The van der Waals surface area contributed by atoms with Crippen LogP contribution in [-0.2, 0) is 5.88 Å². The minimum atomic E-state index is 0.591. The second-order valence-corrected chi connectivity index (χ2v) is 4.59. The van der Waals surface area contributed by atoms with Crippen molar-refractivity contribution in [2.45, 2.75) is 31.6 Å². The number of hydrogen-bond acceptors (Lipinski definition) is 1. The first kappa shape index (κ1) is 10.8. The Hall–Kier alpha value is -0.690. The number of benzene rings is 1. The van der Waals surface area contributed by atoms with Gasteiger partial charge in [0.1, 0.15) is 0 Å². The van der Waals surface area contributed by atoms with E-state index in [1.165, 1.54) is 36.9 Å². The van der Waals surface area contributed by atoms with Gasteiger partial charge in [-0.25, -0.2) is 0 Å². The summed E-state index contributed by atoms with van der Waals surface area (Å²) in [5, 5.41) is 3.52. The second-order valence-electron chi connectivity index (χ2n) is 4.32. The van der Waals surface area contributed by atoms with E-state index in [4.69, 9.17) is 11.6 Å². The lowest BCUT2D eigenvalue weighted by Gasteiger charge is -2.14. The number of alkyl halides is 1. The average Bonchev–Trinajstić information content (AvgIpc) is 2.79. The molecule has 0 heterocycles. The van der Waals surface area contributed by atoms with E-state index in [2.05, 4.69) is 23.5 Å². The minimum absolute atomic E-state index is 0.591. The van der Waals surface area contributed by atoms with Gasteiger partial charge in [-0.05, 0) is 30.4 Å². The molecule has 0 aromatic heterocycles. The van der Waals surface area contributed by atoms with Crippen molar-refractivity contribution in [1.82, 2.24) is 0 Å². The molecule has 0 aliphatic heterocycles. The van der Waals surface area contributed by atoms with Gasteiger partial charge >= 0.3 is 0 Å². The molecule has 1 saturated carbocycles. The zero-order valence-electron chi connectivity index (χ0n) is 9.01. The Morgan fingerprint density at radius 1 is 1.20 bits per heavy atom. The van der Waals surface area contributed by atoms with Gasteiger partial charge in [-0.15, -0.1) is 11.6 Å². The summed E-state index contributed by atoms with van der Waals surface area (Å²) in [4.78, 5) is 0. The third kappa shape index (κ3) is 2.88. The van der Waals surface area contributed by atoms with Gasteiger partial charge in [0.15, 0.2) is 0 Å². The van der Waals surface area contributed by atoms with Crippen molar-refractivity contribution in [1.29, 1.82) is 0 Å². The van der Waals surface area contributed by atoms with Crippen molar-refractivity contribution in [2.24, 2.45) is 5.92 Å². The molecule has 1 fully saturated rings. The molecule has 0 saturated heterocycles. The first-order chi connectivity index (χ1) is 7.40. The molecule has 15 heavy (non-hydrogen) atoms. The van der Waals surface area contributed by atoms with Crippen LogP contribution < -0.4 is 5.32 Å². The van der Waals surface area contributed by atoms with Gasteiger partial charge in [0.2, 0.25) is 0 Å². The van der Waals surface area contributed by atoms with Crippen LogP contribution in [0.2, 0.25) is 0 Å². The molecule has 1 aliphatic rings. The molecule has 0 bridgehead atoms. The maximum Gasteiger partial charge on any atom is 0.0494 e. The molecule has 0 amide bonds. The first-order valence-corrected chi connectivity index (χ1v) is 6.31. The molecule has 2 rings (SSSR count).